The number of fused-ring (bicyclic) bond motifs is 1. The van der Waals surface area contributed by atoms with Crippen LogP contribution < -0.4 is 10.1 Å². The van der Waals surface area contributed by atoms with E-state index in [0.717, 1.165) is 48.3 Å². The highest BCUT2D eigenvalue weighted by Crippen LogP contribution is 2.33. The summed E-state index contributed by atoms with van der Waals surface area (Å²) in [6.45, 7) is 3.03. The number of rotatable bonds is 14. The van der Waals surface area contributed by atoms with Crippen molar-refractivity contribution in [2.24, 2.45) is 11.1 Å². The lowest BCUT2D eigenvalue weighted by atomic mass is 9.77. The van der Waals surface area contributed by atoms with Gasteiger partial charge >= 0.3 is 5.97 Å². The largest absolute Gasteiger partial charge is 0.494 e. The van der Waals surface area contributed by atoms with Crippen molar-refractivity contribution in [3.05, 3.63) is 114 Å². The number of ether oxygens (including phenoxy) is 2. The van der Waals surface area contributed by atoms with Crippen molar-refractivity contribution in [2.45, 2.75) is 31.8 Å². The number of carboxylic acid groups (broad SMARTS) is 1. The van der Waals surface area contributed by atoms with Gasteiger partial charge in [-0.3, -0.25) is 0 Å². The first-order chi connectivity index (χ1) is 20.7. The Bertz CT molecular complexity index is 1460. The molecule has 2 N–H and O–H groups in total. The van der Waals surface area contributed by atoms with E-state index in [4.69, 9.17) is 19.4 Å². The summed E-state index contributed by atoms with van der Waals surface area (Å²) in [5.74, 6) is 0.0782. The summed E-state index contributed by atoms with van der Waals surface area (Å²) in [7, 11) is 0. The summed E-state index contributed by atoms with van der Waals surface area (Å²) in [6.07, 6.45) is 2.34. The van der Waals surface area contributed by atoms with Crippen molar-refractivity contribution in [2.75, 3.05) is 32.9 Å². The topological polar surface area (TPSA) is 89.4 Å². The quantitative estimate of drug-likeness (QED) is 0.107. The SMILES string of the molecule is O=C(O)CO/N=C(/Cc1ccc2ccccc2c1)C1CNCCC1c1ccc(OCCCOCc2ccccc2)cc1. The average molecular weight is 567 g/mol. The zero-order chi connectivity index (χ0) is 29.0. The molecule has 218 valence electrons. The van der Waals surface area contributed by atoms with Crippen LogP contribution in [0.2, 0.25) is 0 Å². The van der Waals surface area contributed by atoms with Crippen molar-refractivity contribution in [3.8, 4) is 5.75 Å². The minimum Gasteiger partial charge on any atom is -0.494 e. The van der Waals surface area contributed by atoms with Gasteiger partial charge in [0, 0.05) is 25.3 Å². The van der Waals surface area contributed by atoms with Gasteiger partial charge in [-0.15, -0.1) is 0 Å². The molecule has 1 aliphatic heterocycles. The summed E-state index contributed by atoms with van der Waals surface area (Å²) < 4.78 is 11.7. The van der Waals surface area contributed by atoms with Gasteiger partial charge in [-0.05, 0) is 58.5 Å². The van der Waals surface area contributed by atoms with Crippen molar-refractivity contribution in [3.63, 3.8) is 0 Å². The molecule has 0 radical (unpaired) electrons. The van der Waals surface area contributed by atoms with E-state index in [0.29, 0.717) is 26.2 Å². The molecule has 1 aliphatic rings. The van der Waals surface area contributed by atoms with Crippen molar-refractivity contribution in [1.82, 2.24) is 5.32 Å². The van der Waals surface area contributed by atoms with E-state index in [2.05, 4.69) is 65.1 Å². The van der Waals surface area contributed by atoms with Crippen LogP contribution in [0, 0.1) is 5.92 Å². The average Bonchev–Trinajstić information content (AvgIpc) is 3.03. The maximum absolute atomic E-state index is 11.1. The van der Waals surface area contributed by atoms with E-state index in [9.17, 15) is 4.79 Å². The van der Waals surface area contributed by atoms with Gasteiger partial charge in [-0.1, -0.05) is 90.1 Å². The molecule has 2 unspecified atom stereocenters. The molecule has 0 saturated carbocycles. The fraction of sp³-hybridized carbons (Fsp3) is 0.314. The summed E-state index contributed by atoms with van der Waals surface area (Å²) in [5.41, 5.74) is 4.35. The molecule has 0 bridgehead atoms. The predicted molar refractivity (Wildman–Crippen MR) is 165 cm³/mol. The molecule has 42 heavy (non-hydrogen) atoms. The standard InChI is InChI=1S/C35H38N2O5/c38-35(39)25-42-37-34(22-27-11-12-28-9-4-5-10-30(28)21-27)33-23-36-18-17-32(33)29-13-15-31(16-14-29)41-20-6-19-40-24-26-7-2-1-3-8-26/h1-5,7-16,21,32-33,36H,6,17-20,22-25H2,(H,38,39)/b37-34-. The van der Waals surface area contributed by atoms with Gasteiger partial charge in [-0.2, -0.15) is 0 Å². The summed E-state index contributed by atoms with van der Waals surface area (Å²) in [4.78, 5) is 16.4. The number of benzene rings is 4. The third-order valence-electron chi connectivity index (χ3n) is 7.60. The Morgan fingerprint density at radius 3 is 2.48 bits per heavy atom. The highest BCUT2D eigenvalue weighted by Gasteiger charge is 2.31. The second kappa shape index (κ2) is 15.1. The molecule has 0 aromatic heterocycles. The number of oxime groups is 1. The smallest absolute Gasteiger partial charge is 0.344 e. The number of carbonyl (C=O) groups is 1. The predicted octanol–water partition coefficient (Wildman–Crippen LogP) is 6.22. The molecule has 0 aliphatic carbocycles. The lowest BCUT2D eigenvalue weighted by Gasteiger charge is -2.33. The molecule has 7 heteroatoms. The number of carboxylic acids is 1. The first-order valence-corrected chi connectivity index (χ1v) is 14.6. The fourth-order valence-corrected chi connectivity index (χ4v) is 5.49. The van der Waals surface area contributed by atoms with Gasteiger partial charge in [0.2, 0.25) is 6.61 Å². The number of nitrogens with zero attached hydrogens (tertiary/aromatic N) is 1. The molecule has 0 amide bonds. The van der Waals surface area contributed by atoms with Crippen LogP contribution in [0.1, 0.15) is 35.4 Å². The summed E-state index contributed by atoms with van der Waals surface area (Å²) in [6, 6.07) is 33.1. The normalized spacial score (nSPS) is 17.2. The lowest BCUT2D eigenvalue weighted by Crippen LogP contribution is -2.40. The van der Waals surface area contributed by atoms with Crippen molar-refractivity contribution >= 4 is 22.5 Å². The van der Waals surface area contributed by atoms with E-state index in [1.807, 2.05) is 42.5 Å². The molecule has 4 aromatic carbocycles. The third-order valence-corrected chi connectivity index (χ3v) is 7.60. The number of aliphatic carboxylic acids is 1. The minimum atomic E-state index is -1.04. The Morgan fingerprint density at radius 1 is 0.881 bits per heavy atom. The van der Waals surface area contributed by atoms with Gasteiger partial charge in [0.1, 0.15) is 5.75 Å². The molecular formula is C35H38N2O5. The maximum Gasteiger partial charge on any atom is 0.344 e. The van der Waals surface area contributed by atoms with Crippen LogP contribution >= 0.6 is 0 Å². The van der Waals surface area contributed by atoms with Gasteiger partial charge < -0.3 is 24.7 Å². The molecule has 1 heterocycles. The van der Waals surface area contributed by atoms with Crippen LogP contribution in [0.25, 0.3) is 10.8 Å². The number of hydrogen-bond acceptors (Lipinski definition) is 6. The van der Waals surface area contributed by atoms with Crippen LogP contribution in [0.4, 0.5) is 0 Å². The molecular weight excluding hydrogens is 528 g/mol. The Morgan fingerprint density at radius 2 is 1.67 bits per heavy atom. The Kier molecular flexibility index (Phi) is 10.6. The second-order valence-electron chi connectivity index (χ2n) is 10.6. The number of hydrogen-bond donors (Lipinski definition) is 2. The summed E-state index contributed by atoms with van der Waals surface area (Å²) >= 11 is 0. The number of nitrogens with one attached hydrogen (secondary N) is 1. The highest BCUT2D eigenvalue weighted by molar-refractivity contribution is 5.91. The van der Waals surface area contributed by atoms with Gasteiger partial charge in [0.15, 0.2) is 0 Å². The zero-order valence-electron chi connectivity index (χ0n) is 23.8. The van der Waals surface area contributed by atoms with Crippen molar-refractivity contribution in [1.29, 1.82) is 0 Å². The Balaban J connectivity index is 1.22. The summed E-state index contributed by atoms with van der Waals surface area (Å²) in [5, 5.41) is 19.4. The molecule has 4 aromatic rings. The molecule has 2 atom stereocenters. The van der Waals surface area contributed by atoms with Crippen LogP contribution in [-0.4, -0.2) is 49.7 Å². The van der Waals surface area contributed by atoms with Crippen LogP contribution in [0.15, 0.2) is 102 Å². The first kappa shape index (κ1) is 29.3. The monoisotopic (exact) mass is 566 g/mol. The van der Waals surface area contributed by atoms with Gasteiger partial charge in [0.05, 0.1) is 25.5 Å². The fourth-order valence-electron chi connectivity index (χ4n) is 5.49. The third kappa shape index (κ3) is 8.41. The van der Waals surface area contributed by atoms with Crippen molar-refractivity contribution < 1.29 is 24.2 Å². The van der Waals surface area contributed by atoms with E-state index >= 15 is 0 Å². The molecule has 0 spiro atoms. The van der Waals surface area contributed by atoms with E-state index in [1.54, 1.807) is 0 Å². The first-order valence-electron chi connectivity index (χ1n) is 14.6. The van der Waals surface area contributed by atoms with Gasteiger partial charge in [-0.25, -0.2) is 4.79 Å². The van der Waals surface area contributed by atoms with Crippen LogP contribution in [0.5, 0.6) is 5.75 Å². The Hall–Kier alpha value is -4.20. The van der Waals surface area contributed by atoms with Crippen LogP contribution in [-0.2, 0) is 27.4 Å². The zero-order valence-corrected chi connectivity index (χ0v) is 23.8. The maximum atomic E-state index is 11.1. The number of piperidine rings is 1. The molecule has 5 rings (SSSR count). The highest BCUT2D eigenvalue weighted by atomic mass is 16.6. The molecule has 1 saturated heterocycles. The van der Waals surface area contributed by atoms with E-state index in [1.165, 1.54) is 16.5 Å². The van der Waals surface area contributed by atoms with Gasteiger partial charge in [0.25, 0.3) is 0 Å². The van der Waals surface area contributed by atoms with E-state index in [-0.39, 0.29) is 11.8 Å². The molecule has 7 nitrogen and oxygen atoms in total. The second-order valence-corrected chi connectivity index (χ2v) is 10.6. The minimum absolute atomic E-state index is 0.0625. The Labute approximate surface area is 247 Å². The van der Waals surface area contributed by atoms with Crippen LogP contribution in [0.3, 0.4) is 0 Å². The van der Waals surface area contributed by atoms with E-state index < -0.39 is 12.6 Å². The lowest BCUT2D eigenvalue weighted by molar-refractivity contribution is -0.142. The molecule has 1 fully saturated rings.